The molecule has 7 heteroatoms. The van der Waals surface area contributed by atoms with Crippen molar-refractivity contribution >= 4 is 10.2 Å². The fourth-order valence-corrected chi connectivity index (χ4v) is 3.31. The van der Waals surface area contributed by atoms with E-state index in [1.54, 1.807) is 0 Å². The lowest BCUT2D eigenvalue weighted by molar-refractivity contribution is 0.196. The average molecular weight is 292 g/mol. The van der Waals surface area contributed by atoms with E-state index in [-0.39, 0.29) is 5.54 Å². The van der Waals surface area contributed by atoms with Crippen LogP contribution in [0.2, 0.25) is 0 Å². The number of rotatable bonds is 6. The molecular formula is C12H28N4O2S. The van der Waals surface area contributed by atoms with E-state index in [9.17, 15) is 8.42 Å². The van der Waals surface area contributed by atoms with E-state index in [4.69, 9.17) is 5.73 Å². The molecule has 0 spiro atoms. The van der Waals surface area contributed by atoms with Gasteiger partial charge >= 0.3 is 0 Å². The second-order valence-corrected chi connectivity index (χ2v) is 7.87. The van der Waals surface area contributed by atoms with E-state index in [0.717, 1.165) is 12.8 Å². The van der Waals surface area contributed by atoms with Crippen LogP contribution in [0.4, 0.5) is 0 Å². The summed E-state index contributed by atoms with van der Waals surface area (Å²) in [5, 5.41) is 0. The smallest absolute Gasteiger partial charge is 0.279 e. The lowest BCUT2D eigenvalue weighted by Crippen LogP contribution is -2.52. The number of nitrogens with one attached hydrogen (secondary N) is 1. The summed E-state index contributed by atoms with van der Waals surface area (Å²) in [5.74, 6) is 0.463. The van der Waals surface area contributed by atoms with Gasteiger partial charge in [-0.05, 0) is 53.2 Å². The summed E-state index contributed by atoms with van der Waals surface area (Å²) in [7, 11) is 0.525. The van der Waals surface area contributed by atoms with Crippen molar-refractivity contribution in [1.82, 2.24) is 13.9 Å². The summed E-state index contributed by atoms with van der Waals surface area (Å²) in [4.78, 5) is 2.01. The third-order valence-electron chi connectivity index (χ3n) is 4.14. The van der Waals surface area contributed by atoms with E-state index in [0.29, 0.717) is 32.1 Å². The predicted molar refractivity (Wildman–Crippen MR) is 78.0 cm³/mol. The highest BCUT2D eigenvalue weighted by atomic mass is 32.2. The molecule has 19 heavy (non-hydrogen) atoms. The highest BCUT2D eigenvalue weighted by Crippen LogP contribution is 2.18. The molecule has 0 radical (unpaired) electrons. The lowest BCUT2D eigenvalue weighted by Gasteiger charge is -2.35. The van der Waals surface area contributed by atoms with Gasteiger partial charge in [-0.2, -0.15) is 12.7 Å². The molecule has 1 aliphatic rings. The Morgan fingerprint density at radius 2 is 1.84 bits per heavy atom. The fourth-order valence-electron chi connectivity index (χ4n) is 1.90. The number of piperidine rings is 1. The Hall–Kier alpha value is -0.210. The van der Waals surface area contributed by atoms with Crippen molar-refractivity contribution in [2.45, 2.75) is 32.2 Å². The molecule has 1 rings (SSSR count). The van der Waals surface area contributed by atoms with Gasteiger partial charge < -0.3 is 10.6 Å². The number of nitrogens with two attached hydrogens (primary N) is 1. The maximum Gasteiger partial charge on any atom is 0.279 e. The van der Waals surface area contributed by atoms with Crippen LogP contribution in [0, 0.1) is 5.92 Å². The highest BCUT2D eigenvalue weighted by molar-refractivity contribution is 7.87. The summed E-state index contributed by atoms with van der Waals surface area (Å²) in [6.45, 7) is 6.21. The Bertz CT molecular complexity index is 373. The molecule has 0 saturated carbocycles. The van der Waals surface area contributed by atoms with Gasteiger partial charge in [0, 0.05) is 25.2 Å². The first-order chi connectivity index (χ1) is 8.69. The lowest BCUT2D eigenvalue weighted by atomic mass is 9.99. The minimum atomic E-state index is -3.37. The molecule has 3 N–H and O–H groups in total. The molecule has 0 atom stereocenters. The van der Waals surface area contributed by atoms with Crippen molar-refractivity contribution in [1.29, 1.82) is 0 Å². The van der Waals surface area contributed by atoms with Crippen molar-refractivity contribution in [3.8, 4) is 0 Å². The van der Waals surface area contributed by atoms with Crippen LogP contribution in [0.25, 0.3) is 0 Å². The quantitative estimate of drug-likeness (QED) is 0.712. The third kappa shape index (κ3) is 4.68. The minimum Gasteiger partial charge on any atom is -0.330 e. The second-order valence-electron chi connectivity index (χ2n) is 6.11. The zero-order valence-electron chi connectivity index (χ0n) is 12.5. The largest absolute Gasteiger partial charge is 0.330 e. The van der Waals surface area contributed by atoms with Crippen LogP contribution < -0.4 is 10.5 Å². The SMILES string of the molecule is CN(C)C(C)(C)CNS(=O)(=O)N1CCC(CN)CC1. The maximum atomic E-state index is 12.2. The average Bonchev–Trinajstić information content (AvgIpc) is 2.36. The molecule has 1 saturated heterocycles. The normalized spacial score (nSPS) is 20.1. The number of likely N-dealkylation sites (N-methyl/N-ethyl adjacent to an activating group) is 1. The first-order valence-corrected chi connectivity index (χ1v) is 8.25. The molecular weight excluding hydrogens is 264 g/mol. The number of hydrogen-bond acceptors (Lipinski definition) is 4. The van der Waals surface area contributed by atoms with Crippen LogP contribution in [0.1, 0.15) is 26.7 Å². The van der Waals surface area contributed by atoms with Gasteiger partial charge in [-0.15, -0.1) is 0 Å². The monoisotopic (exact) mass is 292 g/mol. The van der Waals surface area contributed by atoms with Crippen LogP contribution in [0.15, 0.2) is 0 Å². The molecule has 1 fully saturated rings. The highest BCUT2D eigenvalue weighted by Gasteiger charge is 2.29. The van der Waals surface area contributed by atoms with E-state index in [1.807, 2.05) is 32.8 Å². The Labute approximate surface area is 117 Å². The van der Waals surface area contributed by atoms with E-state index in [2.05, 4.69) is 4.72 Å². The third-order valence-corrected chi connectivity index (χ3v) is 5.70. The molecule has 0 aliphatic carbocycles. The van der Waals surface area contributed by atoms with Crippen LogP contribution in [0.3, 0.4) is 0 Å². The summed E-state index contributed by atoms with van der Waals surface area (Å²) >= 11 is 0. The zero-order chi connectivity index (χ0) is 14.7. The molecule has 0 aromatic carbocycles. The topological polar surface area (TPSA) is 78.7 Å². The first kappa shape index (κ1) is 16.8. The standard InChI is InChI=1S/C12H28N4O2S/c1-12(2,15(3)4)10-14-19(17,18)16-7-5-11(9-13)6-8-16/h11,14H,5-10,13H2,1-4H3. The Morgan fingerprint density at radius 3 is 2.26 bits per heavy atom. The minimum absolute atomic E-state index is 0.206. The Kier molecular flexibility index (Phi) is 5.76. The van der Waals surface area contributed by atoms with Crippen LogP contribution in [-0.2, 0) is 10.2 Å². The number of nitrogens with zero attached hydrogens (tertiary/aromatic N) is 2. The van der Waals surface area contributed by atoms with Crippen molar-refractivity contribution in [2.24, 2.45) is 11.7 Å². The van der Waals surface area contributed by atoms with E-state index in [1.165, 1.54) is 4.31 Å². The van der Waals surface area contributed by atoms with Crippen LogP contribution >= 0.6 is 0 Å². The molecule has 6 nitrogen and oxygen atoms in total. The molecule has 1 aliphatic heterocycles. The zero-order valence-corrected chi connectivity index (χ0v) is 13.3. The van der Waals surface area contributed by atoms with E-state index >= 15 is 0 Å². The summed E-state index contributed by atoms with van der Waals surface area (Å²) in [6, 6.07) is 0. The van der Waals surface area contributed by atoms with Gasteiger partial charge in [-0.1, -0.05) is 0 Å². The van der Waals surface area contributed by atoms with Gasteiger partial charge in [0.2, 0.25) is 0 Å². The van der Waals surface area contributed by atoms with Gasteiger partial charge in [-0.3, -0.25) is 0 Å². The maximum absolute atomic E-state index is 12.2. The Balaban J connectivity index is 2.53. The summed E-state index contributed by atoms with van der Waals surface area (Å²) in [6.07, 6.45) is 1.71. The summed E-state index contributed by atoms with van der Waals surface area (Å²) in [5.41, 5.74) is 5.41. The van der Waals surface area contributed by atoms with Gasteiger partial charge in [-0.25, -0.2) is 4.72 Å². The van der Waals surface area contributed by atoms with Crippen molar-refractivity contribution in [3.05, 3.63) is 0 Å². The predicted octanol–water partition coefficient (Wildman–Crippen LogP) is -0.168. The second kappa shape index (κ2) is 6.49. The van der Waals surface area contributed by atoms with Gasteiger partial charge in [0.15, 0.2) is 0 Å². The number of hydrogen-bond donors (Lipinski definition) is 2. The van der Waals surface area contributed by atoms with Gasteiger partial charge in [0.25, 0.3) is 10.2 Å². The van der Waals surface area contributed by atoms with E-state index < -0.39 is 10.2 Å². The fraction of sp³-hybridized carbons (Fsp3) is 1.00. The molecule has 0 aromatic heterocycles. The van der Waals surface area contributed by atoms with Crippen molar-refractivity contribution in [2.75, 3.05) is 40.3 Å². The Morgan fingerprint density at radius 1 is 1.32 bits per heavy atom. The molecule has 0 amide bonds. The molecule has 0 aromatic rings. The molecule has 1 heterocycles. The van der Waals surface area contributed by atoms with Crippen molar-refractivity contribution < 1.29 is 8.42 Å². The van der Waals surface area contributed by atoms with Gasteiger partial charge in [0.05, 0.1) is 0 Å². The van der Waals surface area contributed by atoms with Crippen LogP contribution in [0.5, 0.6) is 0 Å². The first-order valence-electron chi connectivity index (χ1n) is 6.81. The van der Waals surface area contributed by atoms with Gasteiger partial charge in [0.1, 0.15) is 0 Å². The summed E-state index contributed by atoms with van der Waals surface area (Å²) < 4.78 is 28.7. The van der Waals surface area contributed by atoms with Crippen molar-refractivity contribution in [3.63, 3.8) is 0 Å². The molecule has 0 unspecified atom stereocenters. The molecule has 114 valence electrons. The van der Waals surface area contributed by atoms with Crippen LogP contribution in [-0.4, -0.2) is 63.4 Å². The molecule has 0 bridgehead atoms.